The van der Waals surface area contributed by atoms with E-state index in [1.54, 1.807) is 0 Å². The highest BCUT2D eigenvalue weighted by molar-refractivity contribution is 7.81. The summed E-state index contributed by atoms with van der Waals surface area (Å²) in [5.41, 5.74) is 0. The third kappa shape index (κ3) is 24.5. The van der Waals surface area contributed by atoms with Gasteiger partial charge in [0, 0.05) is 0 Å². The van der Waals surface area contributed by atoms with E-state index in [1.807, 2.05) is 0 Å². The number of rotatable bonds is 37. The Morgan fingerprint density at radius 2 is 0.934 bits per heavy atom. The summed E-state index contributed by atoms with van der Waals surface area (Å²) in [6.45, 7) is 2.81. The molecule has 364 valence electrons. The number of aliphatic hydroxyl groups excluding tert-OH is 5. The summed E-state index contributed by atoms with van der Waals surface area (Å²) in [7, 11) is -10.4. The Balaban J connectivity index is 1.97. The molecule has 0 radical (unpaired) electrons. The van der Waals surface area contributed by atoms with Gasteiger partial charge in [-0.05, 0) is 18.8 Å². The SMILES string of the molecule is CCCCCCCCCCCCCCC(CCCCCCCCCCCCCC)CO[C@@H]1O[C@H](CO)[C@@H](O[C@@H]2O[C@H](COS(=O)(=O)O)[C@@H](O)[C@H](OS(=O)(=O)O)[C@H]2O)[C@H](O)[C@H]1O. The van der Waals surface area contributed by atoms with Crippen LogP contribution < -0.4 is 0 Å². The van der Waals surface area contributed by atoms with Crippen molar-refractivity contribution < 1.29 is 78.8 Å². The average Bonchev–Trinajstić information content (AvgIpc) is 3.20. The molecule has 2 aliphatic heterocycles. The molecule has 0 aromatic rings. The lowest BCUT2D eigenvalue weighted by Gasteiger charge is -2.46. The Labute approximate surface area is 366 Å². The zero-order valence-electron chi connectivity index (χ0n) is 36.9. The molecule has 2 rings (SSSR count). The number of ether oxygens (including phenoxy) is 4. The van der Waals surface area contributed by atoms with Gasteiger partial charge in [0.05, 0.1) is 19.8 Å². The standard InChI is InChI=1S/C42H82O17S2/c1-3-5-7-9-11-13-15-17-19-21-23-25-27-32(28-26-24-22-20-18-16-14-12-10-8-6-4-2)30-54-41-37(46)36(45)39(33(29-43)56-41)58-42-38(47)40(59-61(51,52)53)35(44)34(57-42)31-55-60(48,49)50/h32-47H,3-31H2,1-2H3,(H,48,49,50)(H,51,52,53)/t33-,34-,35-,36-,37-,38-,39-,40+,41-,42+/m1/s1. The minimum absolute atomic E-state index is 0.166. The molecular formula is C42H82O17S2. The highest BCUT2D eigenvalue weighted by atomic mass is 32.3. The molecule has 19 heteroatoms. The lowest BCUT2D eigenvalue weighted by Crippen LogP contribution is -2.65. The fourth-order valence-corrected chi connectivity index (χ4v) is 8.98. The van der Waals surface area contributed by atoms with Gasteiger partial charge in [-0.25, -0.2) is 8.37 Å². The number of hydrogen-bond acceptors (Lipinski definition) is 15. The van der Waals surface area contributed by atoms with Crippen LogP contribution in [0.2, 0.25) is 0 Å². The van der Waals surface area contributed by atoms with Crippen LogP contribution in [0.1, 0.15) is 181 Å². The van der Waals surface area contributed by atoms with Gasteiger partial charge >= 0.3 is 20.8 Å². The minimum atomic E-state index is -5.31. The zero-order chi connectivity index (χ0) is 45.1. The molecule has 0 unspecified atom stereocenters. The smallest absolute Gasteiger partial charge is 0.394 e. The quantitative estimate of drug-likeness (QED) is 0.0275. The van der Waals surface area contributed by atoms with Crippen molar-refractivity contribution in [2.75, 3.05) is 19.8 Å². The van der Waals surface area contributed by atoms with Crippen molar-refractivity contribution in [3.05, 3.63) is 0 Å². The molecule has 0 amide bonds. The third-order valence-corrected chi connectivity index (χ3v) is 12.7. The van der Waals surface area contributed by atoms with Crippen LogP contribution in [0.5, 0.6) is 0 Å². The Kier molecular flexibility index (Phi) is 29.8. The zero-order valence-corrected chi connectivity index (χ0v) is 38.5. The van der Waals surface area contributed by atoms with Gasteiger partial charge < -0.3 is 44.5 Å². The van der Waals surface area contributed by atoms with E-state index in [0.717, 1.165) is 38.5 Å². The van der Waals surface area contributed by atoms with Gasteiger partial charge in [-0.3, -0.25) is 9.11 Å². The lowest BCUT2D eigenvalue weighted by molar-refractivity contribution is -0.358. The maximum Gasteiger partial charge on any atom is 0.397 e. The summed E-state index contributed by atoms with van der Waals surface area (Å²) in [5, 5.41) is 53.9. The van der Waals surface area contributed by atoms with E-state index in [9.17, 15) is 46.9 Å². The summed E-state index contributed by atoms with van der Waals surface area (Å²) in [5.74, 6) is 0.166. The van der Waals surface area contributed by atoms with Crippen molar-refractivity contribution in [3.8, 4) is 0 Å². The first-order chi connectivity index (χ1) is 29.1. The van der Waals surface area contributed by atoms with E-state index in [-0.39, 0.29) is 12.5 Å². The number of unbranched alkanes of at least 4 members (excludes halogenated alkanes) is 22. The van der Waals surface area contributed by atoms with Crippen LogP contribution in [0.3, 0.4) is 0 Å². The summed E-state index contributed by atoms with van der Waals surface area (Å²) in [6, 6.07) is 0. The van der Waals surface area contributed by atoms with Crippen molar-refractivity contribution in [3.63, 3.8) is 0 Å². The largest absolute Gasteiger partial charge is 0.397 e. The molecule has 0 aromatic carbocycles. The Hall–Kier alpha value is -0.620. The molecule has 2 fully saturated rings. The van der Waals surface area contributed by atoms with Crippen molar-refractivity contribution in [2.45, 2.75) is 242 Å². The third-order valence-electron chi connectivity index (χ3n) is 11.8. The molecule has 0 spiro atoms. The Bertz CT molecular complexity index is 1280. The topological polar surface area (TPSA) is 265 Å². The summed E-state index contributed by atoms with van der Waals surface area (Å²) in [4.78, 5) is 0. The highest BCUT2D eigenvalue weighted by Gasteiger charge is 2.52. The fraction of sp³-hybridized carbons (Fsp3) is 1.00. The van der Waals surface area contributed by atoms with E-state index in [0.29, 0.717) is 0 Å². The van der Waals surface area contributed by atoms with E-state index in [1.165, 1.54) is 128 Å². The van der Waals surface area contributed by atoms with Crippen LogP contribution in [0.4, 0.5) is 0 Å². The second-order valence-electron chi connectivity index (χ2n) is 17.1. The monoisotopic (exact) mass is 922 g/mol. The molecule has 2 aliphatic rings. The summed E-state index contributed by atoms with van der Waals surface area (Å²) in [6.07, 6.45) is 13.3. The van der Waals surface area contributed by atoms with Crippen molar-refractivity contribution in [1.29, 1.82) is 0 Å². The highest BCUT2D eigenvalue weighted by Crippen LogP contribution is 2.32. The average molecular weight is 923 g/mol. The predicted octanol–water partition coefficient (Wildman–Crippen LogP) is 6.08. The first kappa shape index (κ1) is 56.5. The van der Waals surface area contributed by atoms with Crippen LogP contribution in [-0.4, -0.2) is 133 Å². The van der Waals surface area contributed by atoms with E-state index >= 15 is 0 Å². The molecular weight excluding hydrogens is 841 g/mol. The van der Waals surface area contributed by atoms with Crippen LogP contribution in [0.25, 0.3) is 0 Å². The molecule has 17 nitrogen and oxygen atoms in total. The van der Waals surface area contributed by atoms with Crippen LogP contribution >= 0.6 is 0 Å². The molecule has 10 atom stereocenters. The summed E-state index contributed by atoms with van der Waals surface area (Å²) >= 11 is 0. The fourth-order valence-electron chi connectivity index (χ4n) is 8.16. The second-order valence-corrected chi connectivity index (χ2v) is 19.2. The molecule has 0 bridgehead atoms. The number of aliphatic hydroxyl groups is 5. The normalized spacial score (nSPS) is 27.6. The number of hydrogen-bond donors (Lipinski definition) is 7. The molecule has 61 heavy (non-hydrogen) atoms. The van der Waals surface area contributed by atoms with Gasteiger partial charge in [0.25, 0.3) is 0 Å². The van der Waals surface area contributed by atoms with Crippen LogP contribution in [-0.2, 0) is 48.1 Å². The maximum atomic E-state index is 11.5. The predicted molar refractivity (Wildman–Crippen MR) is 228 cm³/mol. The molecule has 0 saturated carbocycles. The van der Waals surface area contributed by atoms with Crippen LogP contribution in [0.15, 0.2) is 0 Å². The van der Waals surface area contributed by atoms with Crippen molar-refractivity contribution in [1.82, 2.24) is 0 Å². The second kappa shape index (κ2) is 32.1. The van der Waals surface area contributed by atoms with Gasteiger partial charge in [0.2, 0.25) is 0 Å². The Morgan fingerprint density at radius 3 is 1.34 bits per heavy atom. The van der Waals surface area contributed by atoms with Gasteiger partial charge in [-0.1, -0.05) is 168 Å². The molecule has 2 saturated heterocycles. The minimum Gasteiger partial charge on any atom is -0.394 e. The van der Waals surface area contributed by atoms with Gasteiger partial charge in [0.1, 0.15) is 48.8 Å². The molecule has 0 aromatic heterocycles. The van der Waals surface area contributed by atoms with Gasteiger partial charge in [-0.2, -0.15) is 16.8 Å². The van der Waals surface area contributed by atoms with Gasteiger partial charge in [0.15, 0.2) is 12.6 Å². The first-order valence-corrected chi connectivity index (χ1v) is 26.0. The maximum absolute atomic E-state index is 11.5. The lowest BCUT2D eigenvalue weighted by atomic mass is 9.94. The van der Waals surface area contributed by atoms with Gasteiger partial charge in [-0.15, -0.1) is 0 Å². The molecule has 2 heterocycles. The van der Waals surface area contributed by atoms with E-state index in [2.05, 4.69) is 22.2 Å². The van der Waals surface area contributed by atoms with E-state index < -0.39 is 95.4 Å². The van der Waals surface area contributed by atoms with Crippen molar-refractivity contribution >= 4 is 20.8 Å². The molecule has 0 aliphatic carbocycles. The van der Waals surface area contributed by atoms with E-state index in [4.69, 9.17) is 23.5 Å². The Morgan fingerprint density at radius 1 is 0.508 bits per heavy atom. The molecule has 7 N–H and O–H groups in total. The first-order valence-electron chi connectivity index (χ1n) is 23.3. The summed E-state index contributed by atoms with van der Waals surface area (Å²) < 4.78 is 95.2. The van der Waals surface area contributed by atoms with Crippen LogP contribution in [0, 0.1) is 5.92 Å². The van der Waals surface area contributed by atoms with Crippen molar-refractivity contribution in [2.24, 2.45) is 5.92 Å².